The lowest BCUT2D eigenvalue weighted by atomic mass is 10.0. The molecule has 0 fully saturated rings. The van der Waals surface area contributed by atoms with Gasteiger partial charge in [0, 0.05) is 17.7 Å². The molecule has 0 atom stereocenters. The lowest BCUT2D eigenvalue weighted by molar-refractivity contribution is -0.118. The molecule has 0 aliphatic heterocycles. The monoisotopic (exact) mass is 333 g/mol. The van der Waals surface area contributed by atoms with Gasteiger partial charge < -0.3 is 10.0 Å². The summed E-state index contributed by atoms with van der Waals surface area (Å²) < 4.78 is 0. The van der Waals surface area contributed by atoms with Crippen LogP contribution in [0.3, 0.4) is 0 Å². The van der Waals surface area contributed by atoms with Crippen molar-refractivity contribution in [3.8, 4) is 5.75 Å². The second-order valence-electron chi connectivity index (χ2n) is 6.36. The fourth-order valence-electron chi connectivity index (χ4n) is 3.36. The molecule has 3 aromatic rings. The Balaban J connectivity index is 2.15. The molecule has 1 amide bonds. The topological polar surface area (TPSA) is 40.5 Å². The molecule has 3 nitrogen and oxygen atoms in total. The van der Waals surface area contributed by atoms with Crippen LogP contribution in [0.25, 0.3) is 10.8 Å². The Hall–Kier alpha value is -2.81. The lowest BCUT2D eigenvalue weighted by Crippen LogP contribution is -2.31. The molecule has 0 bridgehead atoms. The highest BCUT2D eigenvalue weighted by molar-refractivity contribution is 5.96. The number of aromatic hydroxyl groups is 1. The first-order chi connectivity index (χ1) is 12.0. The average Bonchev–Trinajstić information content (AvgIpc) is 2.61. The van der Waals surface area contributed by atoms with Crippen molar-refractivity contribution in [2.75, 3.05) is 4.90 Å². The number of nitrogens with zero attached hydrogens (tertiary/aromatic N) is 1. The van der Waals surface area contributed by atoms with Gasteiger partial charge in [0.25, 0.3) is 0 Å². The van der Waals surface area contributed by atoms with E-state index in [1.807, 2.05) is 69.3 Å². The third-order valence-corrected chi connectivity index (χ3v) is 4.65. The Kier molecular flexibility index (Phi) is 4.75. The number of anilines is 1. The van der Waals surface area contributed by atoms with E-state index in [0.29, 0.717) is 13.0 Å². The Morgan fingerprint density at radius 3 is 2.32 bits per heavy atom. The fraction of sp³-hybridized carbons (Fsp3) is 0.227. The molecule has 0 aromatic heterocycles. The zero-order valence-corrected chi connectivity index (χ0v) is 14.9. The highest BCUT2D eigenvalue weighted by Crippen LogP contribution is 2.32. The first kappa shape index (κ1) is 17.0. The average molecular weight is 333 g/mol. The Morgan fingerprint density at radius 1 is 0.960 bits per heavy atom. The van der Waals surface area contributed by atoms with Crippen LogP contribution in [0.15, 0.2) is 54.6 Å². The van der Waals surface area contributed by atoms with Gasteiger partial charge in [-0.25, -0.2) is 0 Å². The van der Waals surface area contributed by atoms with Gasteiger partial charge in [-0.1, -0.05) is 55.5 Å². The van der Waals surface area contributed by atoms with Crippen molar-refractivity contribution in [2.24, 2.45) is 0 Å². The summed E-state index contributed by atoms with van der Waals surface area (Å²) in [4.78, 5) is 14.5. The van der Waals surface area contributed by atoms with Gasteiger partial charge in [-0.05, 0) is 41.8 Å². The van der Waals surface area contributed by atoms with Crippen molar-refractivity contribution in [2.45, 2.75) is 33.7 Å². The van der Waals surface area contributed by atoms with E-state index in [-0.39, 0.29) is 11.7 Å². The normalized spacial score (nSPS) is 10.8. The molecular weight excluding hydrogens is 310 g/mol. The molecule has 0 radical (unpaired) electrons. The molecule has 128 valence electrons. The van der Waals surface area contributed by atoms with E-state index in [4.69, 9.17) is 0 Å². The second kappa shape index (κ2) is 6.98. The van der Waals surface area contributed by atoms with E-state index in [1.165, 1.54) is 0 Å². The molecule has 0 aliphatic rings. The number of hydrogen-bond acceptors (Lipinski definition) is 2. The number of fused-ring (bicyclic) bond motifs is 1. The summed E-state index contributed by atoms with van der Waals surface area (Å²) in [6.07, 6.45) is 0.416. The summed E-state index contributed by atoms with van der Waals surface area (Å²) in [5.41, 5.74) is 3.83. The molecule has 1 N–H and O–H groups in total. The molecule has 0 aliphatic carbocycles. The standard InChI is InChI=1S/C22H23NO2/c1-4-21(25)23(22-15(2)8-7-9-16(22)3)14-19-18-11-6-5-10-17(18)12-13-20(19)24/h5-13,24H,4,14H2,1-3H3. The summed E-state index contributed by atoms with van der Waals surface area (Å²) >= 11 is 0. The van der Waals surface area contributed by atoms with Crippen LogP contribution in [0.1, 0.15) is 30.0 Å². The molecule has 0 saturated carbocycles. The van der Waals surface area contributed by atoms with Crippen molar-refractivity contribution in [1.29, 1.82) is 0 Å². The number of carbonyl (C=O) groups excluding carboxylic acids is 1. The molecule has 3 heteroatoms. The van der Waals surface area contributed by atoms with Crippen molar-refractivity contribution in [3.05, 3.63) is 71.3 Å². The number of phenolic OH excluding ortho intramolecular Hbond substituents is 1. The lowest BCUT2D eigenvalue weighted by Gasteiger charge is -2.27. The second-order valence-corrected chi connectivity index (χ2v) is 6.36. The first-order valence-electron chi connectivity index (χ1n) is 8.59. The third-order valence-electron chi connectivity index (χ3n) is 4.65. The van der Waals surface area contributed by atoms with Crippen molar-refractivity contribution < 1.29 is 9.90 Å². The Morgan fingerprint density at radius 2 is 1.64 bits per heavy atom. The van der Waals surface area contributed by atoms with Crippen LogP contribution in [0, 0.1) is 13.8 Å². The maximum Gasteiger partial charge on any atom is 0.227 e. The van der Waals surface area contributed by atoms with Gasteiger partial charge >= 0.3 is 0 Å². The maximum atomic E-state index is 12.7. The van der Waals surface area contributed by atoms with E-state index in [0.717, 1.165) is 33.2 Å². The number of rotatable bonds is 4. The van der Waals surface area contributed by atoms with Crippen LogP contribution in [-0.4, -0.2) is 11.0 Å². The predicted molar refractivity (Wildman–Crippen MR) is 103 cm³/mol. The van der Waals surface area contributed by atoms with E-state index >= 15 is 0 Å². The van der Waals surface area contributed by atoms with Gasteiger partial charge in [0.1, 0.15) is 5.75 Å². The minimum absolute atomic E-state index is 0.0461. The summed E-state index contributed by atoms with van der Waals surface area (Å²) in [6, 6.07) is 17.6. The minimum Gasteiger partial charge on any atom is -0.508 e. The zero-order valence-electron chi connectivity index (χ0n) is 14.9. The van der Waals surface area contributed by atoms with Crippen LogP contribution < -0.4 is 4.90 Å². The molecule has 0 saturated heterocycles. The number of aryl methyl sites for hydroxylation is 2. The Bertz CT molecular complexity index is 910. The molecule has 3 aromatic carbocycles. The largest absolute Gasteiger partial charge is 0.508 e. The summed E-state index contributed by atoms with van der Waals surface area (Å²) in [7, 11) is 0. The van der Waals surface area contributed by atoms with Crippen LogP contribution in [0.5, 0.6) is 5.75 Å². The van der Waals surface area contributed by atoms with E-state index in [2.05, 4.69) is 0 Å². The molecule has 0 heterocycles. The van der Waals surface area contributed by atoms with Crippen LogP contribution >= 0.6 is 0 Å². The van der Waals surface area contributed by atoms with Crippen LogP contribution in [0.4, 0.5) is 5.69 Å². The quantitative estimate of drug-likeness (QED) is 0.721. The number of para-hydroxylation sites is 1. The zero-order chi connectivity index (χ0) is 18.0. The highest BCUT2D eigenvalue weighted by Gasteiger charge is 2.21. The number of amides is 1. The highest BCUT2D eigenvalue weighted by atomic mass is 16.3. The minimum atomic E-state index is 0.0461. The number of benzene rings is 3. The molecule has 0 spiro atoms. The van der Waals surface area contributed by atoms with Crippen molar-refractivity contribution >= 4 is 22.4 Å². The molecular formula is C22H23NO2. The summed E-state index contributed by atoms with van der Waals surface area (Å²) in [6.45, 7) is 6.25. The molecule has 3 rings (SSSR count). The van der Waals surface area contributed by atoms with Crippen molar-refractivity contribution in [1.82, 2.24) is 0 Å². The summed E-state index contributed by atoms with van der Waals surface area (Å²) in [5, 5.41) is 12.5. The van der Waals surface area contributed by atoms with Gasteiger partial charge in [-0.15, -0.1) is 0 Å². The van der Waals surface area contributed by atoms with Gasteiger partial charge in [0.15, 0.2) is 0 Å². The number of carbonyl (C=O) groups is 1. The van der Waals surface area contributed by atoms with Gasteiger partial charge in [0.05, 0.1) is 6.54 Å². The third kappa shape index (κ3) is 3.22. The van der Waals surface area contributed by atoms with Crippen LogP contribution in [0.2, 0.25) is 0 Å². The SMILES string of the molecule is CCC(=O)N(Cc1c(O)ccc2ccccc12)c1c(C)cccc1C. The van der Waals surface area contributed by atoms with Gasteiger partial charge in [-0.3, -0.25) is 4.79 Å². The maximum absolute atomic E-state index is 12.7. The van der Waals surface area contributed by atoms with Gasteiger partial charge in [-0.2, -0.15) is 0 Å². The predicted octanol–water partition coefficient (Wildman–Crippen LogP) is 5.11. The number of hydrogen-bond donors (Lipinski definition) is 1. The summed E-state index contributed by atoms with van der Waals surface area (Å²) in [5.74, 6) is 0.267. The van der Waals surface area contributed by atoms with E-state index < -0.39 is 0 Å². The molecule has 25 heavy (non-hydrogen) atoms. The fourth-order valence-corrected chi connectivity index (χ4v) is 3.36. The van der Waals surface area contributed by atoms with Crippen LogP contribution in [-0.2, 0) is 11.3 Å². The van der Waals surface area contributed by atoms with Gasteiger partial charge in [0.2, 0.25) is 5.91 Å². The van der Waals surface area contributed by atoms with E-state index in [1.54, 1.807) is 11.0 Å². The van der Waals surface area contributed by atoms with Crippen molar-refractivity contribution in [3.63, 3.8) is 0 Å². The first-order valence-corrected chi connectivity index (χ1v) is 8.59. The smallest absolute Gasteiger partial charge is 0.227 e. The molecule has 0 unspecified atom stereocenters. The Labute approximate surface area is 148 Å². The number of phenols is 1. The van der Waals surface area contributed by atoms with E-state index in [9.17, 15) is 9.90 Å².